The number of pyridine rings is 1. The van der Waals surface area contributed by atoms with Gasteiger partial charge in [-0.25, -0.2) is 0 Å². The number of aromatic nitrogens is 1. The quantitative estimate of drug-likeness (QED) is 0.700. The van der Waals surface area contributed by atoms with E-state index >= 15 is 0 Å². The van der Waals surface area contributed by atoms with Crippen molar-refractivity contribution < 1.29 is 9.53 Å². The maximum absolute atomic E-state index is 10.7. The number of hydrogen-bond acceptors (Lipinski definition) is 4. The second kappa shape index (κ2) is 5.65. The van der Waals surface area contributed by atoms with Crippen LogP contribution in [-0.4, -0.2) is 23.1 Å². The number of carbonyl (C=O) groups is 1. The molecule has 1 aromatic heterocycles. The zero-order valence-corrected chi connectivity index (χ0v) is 9.13. The molecule has 1 heterocycles. The van der Waals surface area contributed by atoms with Crippen LogP contribution < -0.4 is 4.74 Å². The molecule has 1 aromatic rings. The summed E-state index contributed by atoms with van der Waals surface area (Å²) in [6.07, 6.45) is 3.40. The first-order valence-electron chi connectivity index (χ1n) is 4.42. The first-order chi connectivity index (χ1) is 6.72. The van der Waals surface area contributed by atoms with E-state index in [9.17, 15) is 4.79 Å². The van der Waals surface area contributed by atoms with E-state index in [0.29, 0.717) is 5.75 Å². The van der Waals surface area contributed by atoms with Gasteiger partial charge in [-0.15, -0.1) is 11.8 Å². The lowest BCUT2D eigenvalue weighted by Crippen LogP contribution is -2.06. The van der Waals surface area contributed by atoms with E-state index in [2.05, 4.69) is 11.9 Å². The van der Waals surface area contributed by atoms with Gasteiger partial charge in [-0.3, -0.25) is 9.78 Å². The fourth-order valence-electron chi connectivity index (χ4n) is 0.908. The minimum atomic E-state index is 0.0125. The molecular weight excluding hydrogens is 198 g/mol. The fraction of sp³-hybridized carbons (Fsp3) is 0.400. The number of Topliss-reactive ketones (excluding diaryl/α,β-unsaturated/α-hetero) is 1. The van der Waals surface area contributed by atoms with Crippen molar-refractivity contribution in [2.45, 2.75) is 18.7 Å². The third kappa shape index (κ3) is 3.79. The van der Waals surface area contributed by atoms with Crippen LogP contribution in [0.25, 0.3) is 0 Å². The molecule has 0 saturated heterocycles. The second-order valence-electron chi connectivity index (χ2n) is 2.78. The number of carbonyl (C=O) groups excluding carboxylic acids is 1. The molecule has 0 unspecified atom stereocenters. The van der Waals surface area contributed by atoms with Gasteiger partial charge in [-0.05, 0) is 18.7 Å². The van der Waals surface area contributed by atoms with Crippen LogP contribution in [0, 0.1) is 0 Å². The Morgan fingerprint density at radius 2 is 2.36 bits per heavy atom. The van der Waals surface area contributed by atoms with Crippen LogP contribution in [-0.2, 0) is 4.79 Å². The Morgan fingerprint density at radius 1 is 1.57 bits per heavy atom. The molecule has 4 heteroatoms. The minimum Gasteiger partial charge on any atom is -0.484 e. The number of nitrogens with zero attached hydrogens (tertiary/aromatic N) is 1. The average Bonchev–Trinajstić information content (AvgIpc) is 2.16. The molecule has 0 N–H and O–H groups in total. The third-order valence-electron chi connectivity index (χ3n) is 1.44. The minimum absolute atomic E-state index is 0.0125. The highest BCUT2D eigenvalue weighted by Crippen LogP contribution is 2.20. The fourth-order valence-corrected chi connectivity index (χ4v) is 1.58. The van der Waals surface area contributed by atoms with Gasteiger partial charge in [0.2, 0.25) is 0 Å². The van der Waals surface area contributed by atoms with Crippen molar-refractivity contribution >= 4 is 17.5 Å². The topological polar surface area (TPSA) is 39.2 Å². The summed E-state index contributed by atoms with van der Waals surface area (Å²) in [5.74, 6) is 1.66. The van der Waals surface area contributed by atoms with E-state index in [1.165, 1.54) is 6.92 Å². The monoisotopic (exact) mass is 211 g/mol. The Labute approximate surface area is 87.9 Å². The Bertz CT molecular complexity index is 315. The smallest absolute Gasteiger partial charge is 0.167 e. The lowest BCUT2D eigenvalue weighted by molar-refractivity contribution is -0.118. The van der Waals surface area contributed by atoms with Gasteiger partial charge in [-0.1, -0.05) is 6.92 Å². The number of rotatable bonds is 5. The predicted octanol–water partition coefficient (Wildman–Crippen LogP) is 2.16. The van der Waals surface area contributed by atoms with Gasteiger partial charge in [0.1, 0.15) is 12.4 Å². The summed E-state index contributed by atoms with van der Waals surface area (Å²) in [6, 6.07) is 1.89. The molecule has 0 aliphatic rings. The molecule has 76 valence electrons. The lowest BCUT2D eigenvalue weighted by Gasteiger charge is -2.04. The van der Waals surface area contributed by atoms with Gasteiger partial charge in [-0.2, -0.15) is 0 Å². The molecule has 0 aliphatic carbocycles. The van der Waals surface area contributed by atoms with Gasteiger partial charge in [0.25, 0.3) is 0 Å². The van der Waals surface area contributed by atoms with E-state index in [1.807, 2.05) is 6.07 Å². The molecule has 0 aliphatic heterocycles. The molecule has 0 radical (unpaired) electrons. The van der Waals surface area contributed by atoms with Crippen LogP contribution in [0.2, 0.25) is 0 Å². The molecule has 0 saturated carbocycles. The molecule has 0 aromatic carbocycles. The van der Waals surface area contributed by atoms with Crippen molar-refractivity contribution in [2.24, 2.45) is 0 Å². The molecule has 0 fully saturated rings. The van der Waals surface area contributed by atoms with E-state index in [1.54, 1.807) is 24.2 Å². The van der Waals surface area contributed by atoms with Gasteiger partial charge in [0.05, 0.1) is 6.20 Å². The number of thioether (sulfide) groups is 1. The van der Waals surface area contributed by atoms with Crippen molar-refractivity contribution in [1.29, 1.82) is 0 Å². The third-order valence-corrected chi connectivity index (χ3v) is 2.29. The van der Waals surface area contributed by atoms with Crippen LogP contribution in [0.4, 0.5) is 0 Å². The molecule has 3 nitrogen and oxygen atoms in total. The van der Waals surface area contributed by atoms with E-state index < -0.39 is 0 Å². The van der Waals surface area contributed by atoms with Crippen molar-refractivity contribution in [3.05, 3.63) is 18.5 Å². The zero-order valence-electron chi connectivity index (χ0n) is 8.32. The van der Waals surface area contributed by atoms with Crippen LogP contribution in [0.5, 0.6) is 5.75 Å². The second-order valence-corrected chi connectivity index (χ2v) is 4.12. The molecule has 1 rings (SSSR count). The maximum atomic E-state index is 10.7. The van der Waals surface area contributed by atoms with Gasteiger partial charge in [0.15, 0.2) is 5.78 Å². The van der Waals surface area contributed by atoms with Crippen molar-refractivity contribution in [2.75, 3.05) is 12.4 Å². The van der Waals surface area contributed by atoms with Gasteiger partial charge >= 0.3 is 0 Å². The van der Waals surface area contributed by atoms with Crippen LogP contribution in [0.15, 0.2) is 23.4 Å². The Morgan fingerprint density at radius 3 is 3.00 bits per heavy atom. The summed E-state index contributed by atoms with van der Waals surface area (Å²) in [7, 11) is 0. The summed E-state index contributed by atoms with van der Waals surface area (Å²) in [5.41, 5.74) is 0. The largest absolute Gasteiger partial charge is 0.484 e. The highest BCUT2D eigenvalue weighted by Gasteiger charge is 1.99. The van der Waals surface area contributed by atoms with E-state index in [4.69, 9.17) is 4.74 Å². The Kier molecular flexibility index (Phi) is 4.46. The standard InChI is InChI=1S/C10H13NO2S/c1-3-14-10-4-9(5-11-6-10)13-7-8(2)12/h4-6H,3,7H2,1-2H3. The zero-order chi connectivity index (χ0) is 10.4. The Hall–Kier alpha value is -1.03. The molecule has 14 heavy (non-hydrogen) atoms. The van der Waals surface area contributed by atoms with E-state index in [0.717, 1.165) is 10.6 Å². The number of ether oxygens (including phenoxy) is 1. The van der Waals surface area contributed by atoms with Crippen molar-refractivity contribution in [3.8, 4) is 5.75 Å². The van der Waals surface area contributed by atoms with Crippen molar-refractivity contribution in [1.82, 2.24) is 4.98 Å². The highest BCUT2D eigenvalue weighted by molar-refractivity contribution is 7.99. The maximum Gasteiger partial charge on any atom is 0.167 e. The predicted molar refractivity (Wildman–Crippen MR) is 56.8 cm³/mol. The number of ketones is 1. The summed E-state index contributed by atoms with van der Waals surface area (Å²) in [5, 5.41) is 0. The summed E-state index contributed by atoms with van der Waals surface area (Å²) >= 11 is 1.70. The summed E-state index contributed by atoms with van der Waals surface area (Å²) in [4.78, 5) is 15.8. The SMILES string of the molecule is CCSc1cncc(OCC(C)=O)c1. The normalized spacial score (nSPS) is 9.86. The van der Waals surface area contributed by atoms with E-state index in [-0.39, 0.29) is 12.4 Å². The van der Waals surface area contributed by atoms with Crippen LogP contribution in [0.3, 0.4) is 0 Å². The van der Waals surface area contributed by atoms with Crippen molar-refractivity contribution in [3.63, 3.8) is 0 Å². The molecule has 0 amide bonds. The summed E-state index contributed by atoms with van der Waals surface area (Å²) < 4.78 is 5.23. The lowest BCUT2D eigenvalue weighted by atomic mass is 10.4. The first-order valence-corrected chi connectivity index (χ1v) is 5.41. The van der Waals surface area contributed by atoms with Crippen LogP contribution in [0.1, 0.15) is 13.8 Å². The highest BCUT2D eigenvalue weighted by atomic mass is 32.2. The molecule has 0 spiro atoms. The summed E-state index contributed by atoms with van der Waals surface area (Å²) in [6.45, 7) is 3.69. The van der Waals surface area contributed by atoms with Gasteiger partial charge in [0, 0.05) is 11.1 Å². The molecule has 0 bridgehead atoms. The molecule has 0 atom stereocenters. The molecular formula is C10H13NO2S. The van der Waals surface area contributed by atoms with Crippen LogP contribution >= 0.6 is 11.8 Å². The number of hydrogen-bond donors (Lipinski definition) is 0. The van der Waals surface area contributed by atoms with Gasteiger partial charge < -0.3 is 4.74 Å². The first kappa shape index (κ1) is 11.0. The average molecular weight is 211 g/mol. The Balaban J connectivity index is 2.58.